The number of carbonyl (C=O) groups excluding carboxylic acids is 3. The molecular formula is C12H17IO7. The van der Waals surface area contributed by atoms with Crippen LogP contribution in [0.25, 0.3) is 0 Å². The molecule has 0 amide bonds. The number of halogens is 1. The topological polar surface area (TPSA) is 88.1 Å². The lowest BCUT2D eigenvalue weighted by atomic mass is 10.0. The summed E-state index contributed by atoms with van der Waals surface area (Å²) < 4.78 is 20.6. The zero-order valence-electron chi connectivity index (χ0n) is 11.5. The van der Waals surface area contributed by atoms with Crippen LogP contribution in [0.15, 0.2) is 0 Å². The van der Waals surface area contributed by atoms with Crippen LogP contribution >= 0.6 is 22.6 Å². The van der Waals surface area contributed by atoms with Crippen molar-refractivity contribution in [2.45, 2.75) is 49.6 Å². The van der Waals surface area contributed by atoms with Gasteiger partial charge in [-0.15, -0.1) is 0 Å². The van der Waals surface area contributed by atoms with Crippen molar-refractivity contribution in [2.24, 2.45) is 0 Å². The fourth-order valence-corrected chi connectivity index (χ4v) is 2.76. The molecule has 0 aromatic heterocycles. The van der Waals surface area contributed by atoms with Crippen molar-refractivity contribution in [2.75, 3.05) is 6.61 Å². The van der Waals surface area contributed by atoms with E-state index < -0.39 is 36.2 Å². The quantitative estimate of drug-likeness (QED) is 0.301. The lowest BCUT2D eigenvalue weighted by molar-refractivity contribution is -0.202. The first-order chi connectivity index (χ1) is 9.29. The molecule has 0 unspecified atom stereocenters. The molecule has 0 bridgehead atoms. The van der Waals surface area contributed by atoms with E-state index >= 15 is 0 Å². The zero-order valence-corrected chi connectivity index (χ0v) is 13.6. The van der Waals surface area contributed by atoms with E-state index in [1.165, 1.54) is 20.8 Å². The maximum absolute atomic E-state index is 11.2. The van der Waals surface area contributed by atoms with Crippen molar-refractivity contribution in [3.8, 4) is 0 Å². The fraction of sp³-hybridized carbons (Fsp3) is 0.750. The van der Waals surface area contributed by atoms with Crippen LogP contribution in [0.2, 0.25) is 0 Å². The summed E-state index contributed by atoms with van der Waals surface area (Å²) in [5.41, 5.74) is 0. The Morgan fingerprint density at radius 3 is 2.20 bits per heavy atom. The minimum atomic E-state index is -0.790. The van der Waals surface area contributed by atoms with Crippen molar-refractivity contribution >= 4 is 40.5 Å². The first kappa shape index (κ1) is 17.2. The van der Waals surface area contributed by atoms with Crippen LogP contribution in [0.4, 0.5) is 0 Å². The van der Waals surface area contributed by atoms with Gasteiger partial charge in [0.2, 0.25) is 0 Å². The number of rotatable bonds is 4. The molecule has 1 heterocycles. The lowest BCUT2D eigenvalue weighted by Gasteiger charge is -2.38. The standard InChI is InChI=1S/C12H17IO7/c1-6(14)17-5-10-12(19-8(3)16)9(18-7(2)15)4-11(13)20-10/h9-12H,4-5H2,1-3H3/t9-,10-,11+,12+/m1/s1. The molecule has 0 aliphatic carbocycles. The predicted octanol–water partition coefficient (Wildman–Crippen LogP) is 0.963. The molecule has 114 valence electrons. The number of carbonyl (C=O) groups is 3. The first-order valence-electron chi connectivity index (χ1n) is 6.07. The van der Waals surface area contributed by atoms with Crippen LogP contribution in [0.3, 0.4) is 0 Å². The fourth-order valence-electron chi connectivity index (χ4n) is 1.88. The summed E-state index contributed by atoms with van der Waals surface area (Å²) in [6.07, 6.45) is -1.67. The highest BCUT2D eigenvalue weighted by Crippen LogP contribution is 2.29. The Kier molecular flexibility index (Phi) is 6.66. The maximum atomic E-state index is 11.2. The van der Waals surface area contributed by atoms with E-state index in [-0.39, 0.29) is 10.7 Å². The van der Waals surface area contributed by atoms with E-state index in [9.17, 15) is 14.4 Å². The third kappa shape index (κ3) is 5.61. The molecule has 7 nitrogen and oxygen atoms in total. The summed E-state index contributed by atoms with van der Waals surface area (Å²) >= 11 is 2.04. The summed E-state index contributed by atoms with van der Waals surface area (Å²) in [6, 6.07) is 0. The summed E-state index contributed by atoms with van der Waals surface area (Å²) in [6.45, 7) is 3.74. The van der Waals surface area contributed by atoms with Crippen molar-refractivity contribution in [3.05, 3.63) is 0 Å². The van der Waals surface area contributed by atoms with Gasteiger partial charge in [-0.25, -0.2) is 0 Å². The second kappa shape index (κ2) is 7.77. The molecular weight excluding hydrogens is 383 g/mol. The Morgan fingerprint density at radius 2 is 1.70 bits per heavy atom. The molecule has 8 heteroatoms. The zero-order chi connectivity index (χ0) is 15.3. The lowest BCUT2D eigenvalue weighted by Crippen LogP contribution is -2.52. The summed E-state index contributed by atoms with van der Waals surface area (Å²) in [4.78, 5) is 33.2. The molecule has 20 heavy (non-hydrogen) atoms. The maximum Gasteiger partial charge on any atom is 0.303 e. The van der Waals surface area contributed by atoms with Gasteiger partial charge in [0.25, 0.3) is 0 Å². The van der Waals surface area contributed by atoms with E-state index in [4.69, 9.17) is 18.9 Å². The predicted molar refractivity (Wildman–Crippen MR) is 75.0 cm³/mol. The molecule has 1 saturated heterocycles. The average molecular weight is 400 g/mol. The first-order valence-corrected chi connectivity index (χ1v) is 7.31. The van der Waals surface area contributed by atoms with E-state index in [2.05, 4.69) is 0 Å². The Morgan fingerprint density at radius 1 is 1.10 bits per heavy atom. The number of hydrogen-bond acceptors (Lipinski definition) is 7. The third-order valence-electron chi connectivity index (χ3n) is 2.54. The van der Waals surface area contributed by atoms with Gasteiger partial charge < -0.3 is 18.9 Å². The van der Waals surface area contributed by atoms with Crippen molar-refractivity contribution in [1.29, 1.82) is 0 Å². The van der Waals surface area contributed by atoms with E-state index in [0.717, 1.165) is 0 Å². The normalized spacial score (nSPS) is 29.4. The van der Waals surface area contributed by atoms with Crippen molar-refractivity contribution in [1.82, 2.24) is 0 Å². The molecule has 0 aromatic carbocycles. The second-order valence-electron chi connectivity index (χ2n) is 4.34. The highest BCUT2D eigenvalue weighted by Gasteiger charge is 2.42. The van der Waals surface area contributed by atoms with Gasteiger partial charge in [0.05, 0.1) is 0 Å². The Hall–Kier alpha value is -0.900. The second-order valence-corrected chi connectivity index (χ2v) is 5.73. The van der Waals surface area contributed by atoms with Gasteiger partial charge in [-0.1, -0.05) is 22.6 Å². The Labute approximate surface area is 130 Å². The van der Waals surface area contributed by atoms with Crippen molar-refractivity contribution in [3.63, 3.8) is 0 Å². The average Bonchev–Trinajstić information content (AvgIpc) is 2.28. The van der Waals surface area contributed by atoms with Crippen LogP contribution in [-0.4, -0.2) is 46.9 Å². The minimum Gasteiger partial charge on any atom is -0.463 e. The molecule has 0 aromatic rings. The van der Waals surface area contributed by atoms with E-state index in [1.54, 1.807) is 0 Å². The largest absolute Gasteiger partial charge is 0.463 e. The van der Waals surface area contributed by atoms with E-state index in [0.29, 0.717) is 6.42 Å². The minimum absolute atomic E-state index is 0.0649. The summed E-state index contributed by atoms with van der Waals surface area (Å²) in [5, 5.41) is 0. The molecule has 0 N–H and O–H groups in total. The monoisotopic (exact) mass is 400 g/mol. The van der Waals surface area contributed by atoms with Gasteiger partial charge in [0, 0.05) is 27.2 Å². The molecule has 1 aliphatic rings. The van der Waals surface area contributed by atoms with Gasteiger partial charge in [-0.3, -0.25) is 14.4 Å². The Bertz CT molecular complexity index is 384. The van der Waals surface area contributed by atoms with Gasteiger partial charge in [0.15, 0.2) is 6.10 Å². The van der Waals surface area contributed by atoms with Crippen LogP contribution in [0.5, 0.6) is 0 Å². The molecule has 1 aliphatic heterocycles. The highest BCUT2D eigenvalue weighted by molar-refractivity contribution is 14.1. The van der Waals surface area contributed by atoms with Gasteiger partial charge in [-0.05, 0) is 0 Å². The van der Waals surface area contributed by atoms with Gasteiger partial charge in [0.1, 0.15) is 22.9 Å². The van der Waals surface area contributed by atoms with Crippen LogP contribution in [0, 0.1) is 0 Å². The van der Waals surface area contributed by atoms with Crippen LogP contribution < -0.4 is 0 Å². The molecule has 1 rings (SSSR count). The van der Waals surface area contributed by atoms with Gasteiger partial charge in [-0.2, -0.15) is 0 Å². The van der Waals surface area contributed by atoms with Gasteiger partial charge >= 0.3 is 17.9 Å². The summed E-state index contributed by atoms with van der Waals surface area (Å²) in [7, 11) is 0. The molecule has 1 fully saturated rings. The third-order valence-corrected chi connectivity index (χ3v) is 3.35. The van der Waals surface area contributed by atoms with E-state index in [1.807, 2.05) is 22.6 Å². The van der Waals surface area contributed by atoms with Crippen molar-refractivity contribution < 1.29 is 33.3 Å². The number of ether oxygens (including phenoxy) is 4. The number of esters is 3. The number of hydrogen-bond donors (Lipinski definition) is 0. The molecule has 0 radical (unpaired) electrons. The molecule has 0 saturated carbocycles. The highest BCUT2D eigenvalue weighted by atomic mass is 127. The van der Waals surface area contributed by atoms with Crippen LogP contribution in [0.1, 0.15) is 27.2 Å². The molecule has 4 atom stereocenters. The smallest absolute Gasteiger partial charge is 0.303 e. The summed E-state index contributed by atoms with van der Waals surface area (Å²) in [5.74, 6) is -1.45. The number of alkyl halides is 1. The Balaban J connectivity index is 2.82. The SMILES string of the molecule is CC(=O)OC[C@H]1O[C@H](I)C[C@@H](OC(C)=O)[C@@H]1OC(C)=O. The molecule has 0 spiro atoms. The van der Waals surface area contributed by atoms with Crippen LogP contribution in [-0.2, 0) is 33.3 Å².